The maximum atomic E-state index is 12.5. The summed E-state index contributed by atoms with van der Waals surface area (Å²) in [6.45, 7) is 0.686. The predicted octanol–water partition coefficient (Wildman–Crippen LogP) is 1.99. The fraction of sp³-hybridized carbons (Fsp3) is 0.467. The Hall–Kier alpha value is -1.68. The van der Waals surface area contributed by atoms with Gasteiger partial charge in [-0.15, -0.1) is 0 Å². The molecule has 0 radical (unpaired) electrons. The van der Waals surface area contributed by atoms with Gasteiger partial charge in [-0.05, 0) is 25.0 Å². The average Bonchev–Trinajstić information content (AvgIpc) is 3.16. The van der Waals surface area contributed by atoms with Crippen LogP contribution in [0.5, 0.6) is 0 Å². The Morgan fingerprint density at radius 3 is 2.32 bits per heavy atom. The van der Waals surface area contributed by atoms with Gasteiger partial charge in [-0.2, -0.15) is 0 Å². The molecule has 2 heterocycles. The number of hydrogen-bond acceptors (Lipinski definition) is 3. The van der Waals surface area contributed by atoms with Gasteiger partial charge >= 0.3 is 0 Å². The SMILES string of the molecule is O=C1c2ccccc2C(=O)N1C1CCCCC12CO2. The van der Waals surface area contributed by atoms with E-state index in [4.69, 9.17) is 4.74 Å². The van der Waals surface area contributed by atoms with Crippen LogP contribution in [0, 0.1) is 0 Å². The van der Waals surface area contributed by atoms with Crippen molar-refractivity contribution >= 4 is 11.8 Å². The van der Waals surface area contributed by atoms with Crippen LogP contribution in [0.1, 0.15) is 46.4 Å². The number of epoxide rings is 1. The second-order valence-corrected chi connectivity index (χ2v) is 5.64. The first-order valence-electron chi connectivity index (χ1n) is 6.84. The van der Waals surface area contributed by atoms with Crippen molar-refractivity contribution in [2.45, 2.75) is 37.3 Å². The van der Waals surface area contributed by atoms with E-state index in [9.17, 15) is 9.59 Å². The Balaban J connectivity index is 1.74. The van der Waals surface area contributed by atoms with Crippen molar-refractivity contribution in [1.82, 2.24) is 4.90 Å². The standard InChI is InChI=1S/C15H15NO3/c17-13-10-5-1-2-6-11(10)14(18)16(13)12-7-3-4-8-15(12)9-19-15/h1-2,5-6,12H,3-4,7-9H2. The molecular weight excluding hydrogens is 242 g/mol. The lowest BCUT2D eigenvalue weighted by atomic mass is 9.83. The van der Waals surface area contributed by atoms with Crippen LogP contribution in [0.15, 0.2) is 24.3 Å². The minimum atomic E-state index is -0.231. The lowest BCUT2D eigenvalue weighted by molar-refractivity contribution is 0.0409. The molecule has 0 N–H and O–H groups in total. The summed E-state index contributed by atoms with van der Waals surface area (Å²) in [5.41, 5.74) is 0.841. The van der Waals surface area contributed by atoms with E-state index >= 15 is 0 Å². The molecule has 1 aromatic carbocycles. The zero-order chi connectivity index (χ0) is 13.0. The number of nitrogens with zero attached hydrogens (tertiary/aromatic N) is 1. The lowest BCUT2D eigenvalue weighted by Crippen LogP contribution is -2.50. The molecule has 1 aromatic rings. The highest BCUT2D eigenvalue weighted by Crippen LogP contribution is 2.46. The second kappa shape index (κ2) is 3.67. The first kappa shape index (κ1) is 11.2. The third-order valence-corrected chi connectivity index (χ3v) is 4.59. The van der Waals surface area contributed by atoms with Crippen LogP contribution in [0.25, 0.3) is 0 Å². The Bertz CT molecular complexity index is 542. The Morgan fingerprint density at radius 1 is 1.11 bits per heavy atom. The minimum Gasteiger partial charge on any atom is -0.367 e. The van der Waals surface area contributed by atoms with Crippen LogP contribution < -0.4 is 0 Å². The van der Waals surface area contributed by atoms with Gasteiger partial charge in [0.2, 0.25) is 0 Å². The Labute approximate surface area is 111 Å². The van der Waals surface area contributed by atoms with Crippen molar-refractivity contribution < 1.29 is 14.3 Å². The minimum absolute atomic E-state index is 0.0753. The van der Waals surface area contributed by atoms with E-state index in [2.05, 4.69) is 0 Å². The van der Waals surface area contributed by atoms with Gasteiger partial charge in [0.1, 0.15) is 5.60 Å². The fourth-order valence-electron chi connectivity index (χ4n) is 3.48. The molecule has 2 aliphatic heterocycles. The number of ether oxygens (including phenoxy) is 1. The number of amides is 2. The van der Waals surface area contributed by atoms with Crippen LogP contribution >= 0.6 is 0 Å². The molecule has 19 heavy (non-hydrogen) atoms. The van der Waals surface area contributed by atoms with Gasteiger partial charge < -0.3 is 4.74 Å². The van der Waals surface area contributed by atoms with Crippen molar-refractivity contribution in [2.24, 2.45) is 0 Å². The molecule has 1 spiro atoms. The molecule has 4 heteroatoms. The summed E-state index contributed by atoms with van der Waals surface area (Å²) < 4.78 is 5.61. The predicted molar refractivity (Wildman–Crippen MR) is 67.9 cm³/mol. The molecule has 2 amide bonds. The highest BCUT2D eigenvalue weighted by molar-refractivity contribution is 6.21. The average molecular weight is 257 g/mol. The van der Waals surface area contributed by atoms with Gasteiger partial charge in [0.25, 0.3) is 11.8 Å². The Morgan fingerprint density at radius 2 is 1.74 bits per heavy atom. The van der Waals surface area contributed by atoms with Gasteiger partial charge in [0.05, 0.1) is 23.8 Å². The molecule has 0 bridgehead atoms. The number of fused-ring (bicyclic) bond motifs is 1. The smallest absolute Gasteiger partial charge is 0.261 e. The monoisotopic (exact) mass is 257 g/mol. The van der Waals surface area contributed by atoms with Gasteiger partial charge in [-0.25, -0.2) is 0 Å². The second-order valence-electron chi connectivity index (χ2n) is 5.64. The summed E-state index contributed by atoms with van der Waals surface area (Å²) >= 11 is 0. The van der Waals surface area contributed by atoms with E-state index in [1.54, 1.807) is 24.3 Å². The summed E-state index contributed by atoms with van der Waals surface area (Å²) in [5.74, 6) is -0.301. The third kappa shape index (κ3) is 1.43. The maximum Gasteiger partial charge on any atom is 0.261 e. The van der Waals surface area contributed by atoms with Crippen molar-refractivity contribution in [1.29, 1.82) is 0 Å². The lowest BCUT2D eigenvalue weighted by Gasteiger charge is -2.34. The number of carbonyl (C=O) groups is 2. The number of hydrogen-bond donors (Lipinski definition) is 0. The summed E-state index contributed by atoms with van der Waals surface area (Å²) in [7, 11) is 0. The van der Waals surface area contributed by atoms with Gasteiger partial charge in [0.15, 0.2) is 0 Å². The van der Waals surface area contributed by atoms with Gasteiger partial charge in [-0.3, -0.25) is 14.5 Å². The topological polar surface area (TPSA) is 49.9 Å². The van der Waals surface area contributed by atoms with Crippen LogP contribution in [-0.4, -0.2) is 35.0 Å². The summed E-state index contributed by atoms with van der Waals surface area (Å²) in [5, 5.41) is 0. The zero-order valence-electron chi connectivity index (χ0n) is 10.6. The van der Waals surface area contributed by atoms with Crippen molar-refractivity contribution in [3.8, 4) is 0 Å². The zero-order valence-corrected chi connectivity index (χ0v) is 10.6. The molecule has 3 aliphatic rings. The van der Waals surface area contributed by atoms with Crippen molar-refractivity contribution in [2.75, 3.05) is 6.61 Å². The first-order chi connectivity index (χ1) is 9.23. The molecule has 0 aromatic heterocycles. The summed E-state index contributed by atoms with van der Waals surface area (Å²) in [6.07, 6.45) is 4.01. The molecule has 2 atom stereocenters. The van der Waals surface area contributed by atoms with Crippen LogP contribution in [0.2, 0.25) is 0 Å². The van der Waals surface area contributed by atoms with E-state index in [1.165, 1.54) is 4.90 Å². The van der Waals surface area contributed by atoms with Gasteiger partial charge in [0, 0.05) is 0 Å². The van der Waals surface area contributed by atoms with Crippen molar-refractivity contribution in [3.05, 3.63) is 35.4 Å². The van der Waals surface area contributed by atoms with Gasteiger partial charge in [-0.1, -0.05) is 25.0 Å². The van der Waals surface area contributed by atoms with E-state index < -0.39 is 0 Å². The van der Waals surface area contributed by atoms with Crippen LogP contribution in [0.4, 0.5) is 0 Å². The number of rotatable bonds is 1. The first-order valence-corrected chi connectivity index (χ1v) is 6.84. The van der Waals surface area contributed by atoms with Crippen LogP contribution in [0.3, 0.4) is 0 Å². The molecule has 98 valence electrons. The summed E-state index contributed by atoms with van der Waals surface area (Å²) in [6, 6.07) is 7.00. The molecule has 4 nitrogen and oxygen atoms in total. The van der Waals surface area contributed by atoms with E-state index in [0.717, 1.165) is 25.7 Å². The Kier molecular flexibility index (Phi) is 2.16. The number of benzene rings is 1. The molecule has 2 unspecified atom stereocenters. The van der Waals surface area contributed by atoms with Crippen molar-refractivity contribution in [3.63, 3.8) is 0 Å². The molecule has 4 rings (SSSR count). The highest BCUT2D eigenvalue weighted by Gasteiger charge is 2.58. The molecular formula is C15H15NO3. The van der Waals surface area contributed by atoms with E-state index in [0.29, 0.717) is 17.7 Å². The van der Waals surface area contributed by atoms with E-state index in [-0.39, 0.29) is 23.5 Å². The third-order valence-electron chi connectivity index (χ3n) is 4.59. The molecule has 1 saturated carbocycles. The quantitative estimate of drug-likeness (QED) is 0.571. The highest BCUT2D eigenvalue weighted by atomic mass is 16.6. The number of imide groups is 1. The normalized spacial score (nSPS) is 32.8. The molecule has 1 aliphatic carbocycles. The fourth-order valence-corrected chi connectivity index (χ4v) is 3.48. The van der Waals surface area contributed by atoms with E-state index in [1.807, 2.05) is 0 Å². The maximum absolute atomic E-state index is 12.5. The summed E-state index contributed by atoms with van der Waals surface area (Å²) in [4.78, 5) is 26.4. The number of carbonyl (C=O) groups excluding carboxylic acids is 2. The van der Waals surface area contributed by atoms with Crippen LogP contribution in [-0.2, 0) is 4.74 Å². The molecule has 1 saturated heterocycles. The molecule has 2 fully saturated rings. The largest absolute Gasteiger partial charge is 0.367 e.